The summed E-state index contributed by atoms with van der Waals surface area (Å²) in [6.45, 7) is 0. The zero-order valence-electron chi connectivity index (χ0n) is 27.2. The Morgan fingerprint density at radius 3 is 1.55 bits per heavy atom. The lowest BCUT2D eigenvalue weighted by Crippen LogP contribution is -2.06. The zero-order chi connectivity index (χ0) is 33.5. The lowest BCUT2D eigenvalue weighted by molar-refractivity contribution is 0.669. The van der Waals surface area contributed by atoms with E-state index in [0.717, 1.165) is 71.6 Å². The van der Waals surface area contributed by atoms with Gasteiger partial charge in [0.15, 0.2) is 11.6 Å². The second-order valence-corrected chi connectivity index (χ2v) is 12.9. The Bertz CT molecular complexity index is 3040. The van der Waals surface area contributed by atoms with Crippen molar-refractivity contribution in [2.45, 2.75) is 0 Å². The smallest absolute Gasteiger partial charge is 0.238 e. The van der Waals surface area contributed by atoms with Gasteiger partial charge >= 0.3 is 0 Å². The normalized spacial score (nSPS) is 11.9. The lowest BCUT2D eigenvalue weighted by atomic mass is 10.1. The summed E-state index contributed by atoms with van der Waals surface area (Å²) in [6.07, 6.45) is 0. The largest absolute Gasteiger partial charge is 0.455 e. The van der Waals surface area contributed by atoms with E-state index in [9.17, 15) is 0 Å². The number of furan rings is 1. The first-order valence-corrected chi connectivity index (χ1v) is 17.0. The summed E-state index contributed by atoms with van der Waals surface area (Å²) < 4.78 is 11.2. The molecule has 0 bridgehead atoms. The van der Waals surface area contributed by atoms with Gasteiger partial charge in [0.25, 0.3) is 0 Å². The Kier molecular flexibility index (Phi) is 5.86. The predicted molar refractivity (Wildman–Crippen MR) is 207 cm³/mol. The minimum atomic E-state index is 0.549. The van der Waals surface area contributed by atoms with Gasteiger partial charge in [0.05, 0.1) is 27.6 Å². The highest BCUT2D eigenvalue weighted by Gasteiger charge is 2.21. The Morgan fingerprint density at radius 1 is 0.392 bits per heavy atom. The summed E-state index contributed by atoms with van der Waals surface area (Å²) in [4.78, 5) is 15.4. The minimum Gasteiger partial charge on any atom is -0.455 e. The third-order valence-electron chi connectivity index (χ3n) is 10.00. The summed E-state index contributed by atoms with van der Waals surface area (Å²) in [5, 5.41) is 6.80. The highest BCUT2D eigenvalue weighted by Crippen LogP contribution is 2.39. The van der Waals surface area contributed by atoms with Crippen LogP contribution in [0.25, 0.3) is 100.0 Å². The van der Waals surface area contributed by atoms with Gasteiger partial charge < -0.3 is 8.98 Å². The van der Waals surface area contributed by atoms with Crippen molar-refractivity contribution in [1.29, 1.82) is 0 Å². The summed E-state index contributed by atoms with van der Waals surface area (Å²) >= 11 is 0. The number of hydrogen-bond acceptors (Lipinski definition) is 4. The second kappa shape index (κ2) is 10.7. The molecule has 238 valence electrons. The molecule has 0 amide bonds. The van der Waals surface area contributed by atoms with Crippen LogP contribution in [-0.2, 0) is 0 Å². The maximum Gasteiger partial charge on any atom is 0.238 e. The Hall–Kier alpha value is -7.05. The maximum atomic E-state index is 6.80. The fourth-order valence-electron chi connectivity index (χ4n) is 7.74. The Morgan fingerprint density at radius 2 is 0.922 bits per heavy atom. The van der Waals surface area contributed by atoms with Crippen molar-refractivity contribution in [3.8, 4) is 34.4 Å². The number of rotatable bonds is 4. The number of benzene rings is 7. The fourth-order valence-corrected chi connectivity index (χ4v) is 7.74. The number of nitrogens with zero attached hydrogens (tertiary/aromatic N) is 5. The van der Waals surface area contributed by atoms with Crippen molar-refractivity contribution in [3.05, 3.63) is 164 Å². The molecule has 51 heavy (non-hydrogen) atoms. The Labute approximate surface area is 291 Å². The minimum absolute atomic E-state index is 0.549. The van der Waals surface area contributed by atoms with Crippen LogP contribution in [0.1, 0.15) is 0 Å². The summed E-state index contributed by atoms with van der Waals surface area (Å²) in [6, 6.07) is 56.7. The van der Waals surface area contributed by atoms with Gasteiger partial charge in [-0.25, -0.2) is 4.98 Å². The van der Waals surface area contributed by atoms with Crippen molar-refractivity contribution >= 4 is 65.6 Å². The van der Waals surface area contributed by atoms with Crippen LogP contribution in [0.4, 0.5) is 0 Å². The molecule has 0 aliphatic carbocycles. The molecule has 0 saturated heterocycles. The van der Waals surface area contributed by atoms with Crippen LogP contribution in [0, 0.1) is 0 Å². The Balaban J connectivity index is 1.15. The van der Waals surface area contributed by atoms with Gasteiger partial charge in [0.2, 0.25) is 5.95 Å². The number of hydrogen-bond donors (Lipinski definition) is 0. The molecule has 0 radical (unpaired) electrons. The van der Waals surface area contributed by atoms with Crippen molar-refractivity contribution in [2.24, 2.45) is 0 Å². The first-order chi connectivity index (χ1) is 25.3. The quantitative estimate of drug-likeness (QED) is 0.190. The van der Waals surface area contributed by atoms with Crippen molar-refractivity contribution in [3.63, 3.8) is 0 Å². The van der Waals surface area contributed by atoms with Crippen molar-refractivity contribution in [2.75, 3.05) is 0 Å². The third kappa shape index (κ3) is 4.14. The summed E-state index contributed by atoms with van der Waals surface area (Å²) in [5.41, 5.74) is 8.70. The zero-order valence-corrected chi connectivity index (χ0v) is 27.2. The van der Waals surface area contributed by atoms with E-state index in [0.29, 0.717) is 17.6 Å². The predicted octanol–water partition coefficient (Wildman–Crippen LogP) is 11.3. The molecular weight excluding hydrogens is 627 g/mol. The van der Waals surface area contributed by atoms with Gasteiger partial charge in [0, 0.05) is 49.6 Å². The molecule has 0 fully saturated rings. The average molecular weight is 654 g/mol. The summed E-state index contributed by atoms with van der Waals surface area (Å²) in [7, 11) is 0. The van der Waals surface area contributed by atoms with Gasteiger partial charge in [-0.2, -0.15) is 9.97 Å². The SMILES string of the molecule is c1ccc(-c2nc(-c3cccc4c3oc3cc(-n5c6ccccc6c6ccccc65)ccc34)nc(-n3c4ccccc4c4ccccc43)n2)cc1. The van der Waals surface area contributed by atoms with E-state index in [-0.39, 0.29) is 0 Å². The lowest BCUT2D eigenvalue weighted by Gasteiger charge is -2.11. The van der Waals surface area contributed by atoms with E-state index < -0.39 is 0 Å². The standard InChI is InChI=1S/C45H27N5O/c1-2-13-28(14-3-1)43-46-44(48-45(47-43)50-39-23-10-6-17-32(39)33-18-7-11-24-40(33)50)36-20-12-19-35-34-26-25-29(27-41(34)51-42(35)36)49-37-21-8-4-15-30(37)31-16-5-9-22-38(31)49/h1-27H. The monoisotopic (exact) mass is 653 g/mol. The van der Waals surface area contributed by atoms with E-state index >= 15 is 0 Å². The van der Waals surface area contributed by atoms with Crippen molar-refractivity contribution < 1.29 is 4.42 Å². The van der Waals surface area contributed by atoms with Gasteiger partial charge in [-0.15, -0.1) is 0 Å². The first kappa shape index (κ1) is 27.9. The van der Waals surface area contributed by atoms with Crippen LogP contribution in [0.2, 0.25) is 0 Å². The van der Waals surface area contributed by atoms with Gasteiger partial charge in [-0.1, -0.05) is 115 Å². The molecule has 0 aliphatic heterocycles. The molecule has 11 aromatic rings. The third-order valence-corrected chi connectivity index (χ3v) is 10.00. The maximum absolute atomic E-state index is 6.80. The van der Waals surface area contributed by atoms with E-state index in [1.807, 2.05) is 36.4 Å². The van der Waals surface area contributed by atoms with Gasteiger partial charge in [-0.3, -0.25) is 4.57 Å². The van der Waals surface area contributed by atoms with E-state index in [1.54, 1.807) is 0 Å². The molecule has 7 aromatic carbocycles. The van der Waals surface area contributed by atoms with Gasteiger partial charge in [0.1, 0.15) is 11.2 Å². The molecule has 4 heterocycles. The van der Waals surface area contributed by atoms with Crippen molar-refractivity contribution in [1.82, 2.24) is 24.1 Å². The van der Waals surface area contributed by atoms with E-state index in [1.165, 1.54) is 10.8 Å². The van der Waals surface area contributed by atoms with E-state index in [4.69, 9.17) is 19.4 Å². The highest BCUT2D eigenvalue weighted by atomic mass is 16.3. The molecular formula is C45H27N5O. The van der Waals surface area contributed by atoms with Gasteiger partial charge in [-0.05, 0) is 42.5 Å². The molecule has 0 atom stereocenters. The second-order valence-electron chi connectivity index (χ2n) is 12.9. The molecule has 0 saturated carbocycles. The van der Waals surface area contributed by atoms with E-state index in [2.05, 4.69) is 137 Å². The molecule has 4 aromatic heterocycles. The summed E-state index contributed by atoms with van der Waals surface area (Å²) in [5.74, 6) is 1.70. The fraction of sp³-hybridized carbons (Fsp3) is 0. The number of fused-ring (bicyclic) bond motifs is 9. The molecule has 6 nitrogen and oxygen atoms in total. The average Bonchev–Trinajstić information content (AvgIpc) is 3.85. The first-order valence-electron chi connectivity index (χ1n) is 17.0. The van der Waals surface area contributed by atoms with Crippen LogP contribution in [-0.4, -0.2) is 24.1 Å². The van der Waals surface area contributed by atoms with Crippen LogP contribution in [0.3, 0.4) is 0 Å². The number of aromatic nitrogens is 5. The molecule has 0 N–H and O–H groups in total. The molecule has 0 unspecified atom stereocenters. The molecule has 6 heteroatoms. The van der Waals surface area contributed by atoms with Crippen LogP contribution < -0.4 is 0 Å². The molecule has 0 spiro atoms. The number of para-hydroxylation sites is 5. The highest BCUT2D eigenvalue weighted by molar-refractivity contribution is 6.12. The topological polar surface area (TPSA) is 61.7 Å². The molecule has 11 rings (SSSR count). The van der Waals surface area contributed by atoms with Crippen LogP contribution >= 0.6 is 0 Å². The molecule has 0 aliphatic rings. The van der Waals surface area contributed by atoms with Crippen LogP contribution in [0.15, 0.2) is 168 Å². The van der Waals surface area contributed by atoms with Crippen LogP contribution in [0.5, 0.6) is 0 Å².